The fourth-order valence-electron chi connectivity index (χ4n) is 3.14. The third-order valence-corrected chi connectivity index (χ3v) is 5.36. The highest BCUT2D eigenvalue weighted by atomic mass is 32.1. The highest BCUT2D eigenvalue weighted by Gasteiger charge is 2.34. The number of halogens is 2. The first-order chi connectivity index (χ1) is 14.0. The molecule has 0 aliphatic carbocycles. The molecular formula is C20H16F2N4O2S. The van der Waals surface area contributed by atoms with Gasteiger partial charge in [0.25, 0.3) is 0 Å². The number of nitrogens with one attached hydrogen (secondary N) is 1. The third-order valence-electron chi connectivity index (χ3n) is 4.60. The van der Waals surface area contributed by atoms with Gasteiger partial charge < -0.3 is 10.2 Å². The summed E-state index contributed by atoms with van der Waals surface area (Å²) in [6.45, 7) is 0.641. The minimum atomic E-state index is -0.596. The summed E-state index contributed by atoms with van der Waals surface area (Å²) in [5, 5.41) is 4.48. The average Bonchev–Trinajstić information content (AvgIpc) is 3.31. The van der Waals surface area contributed by atoms with Gasteiger partial charge in [0.15, 0.2) is 5.13 Å². The highest BCUT2D eigenvalue weighted by molar-refractivity contribution is 7.14. The second-order valence-corrected chi connectivity index (χ2v) is 7.51. The summed E-state index contributed by atoms with van der Waals surface area (Å²) in [4.78, 5) is 34.8. The first kappa shape index (κ1) is 19.1. The second kappa shape index (κ2) is 8.04. The summed E-state index contributed by atoms with van der Waals surface area (Å²) in [5.74, 6) is -2.12. The first-order valence-corrected chi connectivity index (χ1v) is 9.77. The van der Waals surface area contributed by atoms with Crippen LogP contribution < -0.4 is 5.32 Å². The summed E-state index contributed by atoms with van der Waals surface area (Å²) in [5.41, 5.74) is 1.02. The molecule has 2 amide bonds. The third kappa shape index (κ3) is 4.29. The van der Waals surface area contributed by atoms with Crippen LogP contribution in [0.5, 0.6) is 0 Å². The number of rotatable bonds is 5. The first-order valence-electron chi connectivity index (χ1n) is 8.89. The Kier molecular flexibility index (Phi) is 5.30. The lowest BCUT2D eigenvalue weighted by molar-refractivity contribution is -0.128. The predicted molar refractivity (Wildman–Crippen MR) is 104 cm³/mol. The number of carbonyl (C=O) groups excluding carboxylic acids is 2. The van der Waals surface area contributed by atoms with Crippen molar-refractivity contribution in [3.05, 3.63) is 65.3 Å². The molecular weight excluding hydrogens is 398 g/mol. The molecule has 1 atom stereocenters. The Bertz CT molecular complexity index is 1060. The van der Waals surface area contributed by atoms with Gasteiger partial charge in [0, 0.05) is 30.1 Å². The van der Waals surface area contributed by atoms with Gasteiger partial charge in [-0.1, -0.05) is 6.07 Å². The van der Waals surface area contributed by atoms with Crippen LogP contribution in [0.2, 0.25) is 0 Å². The zero-order chi connectivity index (χ0) is 20.4. The van der Waals surface area contributed by atoms with Crippen molar-refractivity contribution in [1.29, 1.82) is 0 Å². The van der Waals surface area contributed by atoms with Crippen molar-refractivity contribution in [2.24, 2.45) is 5.92 Å². The van der Waals surface area contributed by atoms with E-state index in [-0.39, 0.29) is 41.2 Å². The number of likely N-dealkylation sites (tertiary alicyclic amines) is 1. The molecule has 0 radical (unpaired) electrons. The molecule has 3 heterocycles. The number of amides is 2. The Labute approximate surface area is 169 Å². The number of anilines is 1. The number of nitrogens with zero attached hydrogens (tertiary/aromatic N) is 3. The zero-order valence-electron chi connectivity index (χ0n) is 15.1. The number of hydrogen-bond donors (Lipinski definition) is 1. The molecule has 1 unspecified atom stereocenters. The molecule has 2 aromatic heterocycles. The van der Waals surface area contributed by atoms with Crippen LogP contribution >= 0.6 is 11.3 Å². The van der Waals surface area contributed by atoms with Crippen LogP contribution in [0.25, 0.3) is 11.3 Å². The molecule has 1 N–H and O–H groups in total. The van der Waals surface area contributed by atoms with Gasteiger partial charge in [0.05, 0.1) is 23.9 Å². The summed E-state index contributed by atoms with van der Waals surface area (Å²) < 4.78 is 27.3. The Morgan fingerprint density at radius 1 is 1.28 bits per heavy atom. The van der Waals surface area contributed by atoms with Crippen molar-refractivity contribution >= 4 is 28.3 Å². The van der Waals surface area contributed by atoms with Gasteiger partial charge in [-0.15, -0.1) is 11.3 Å². The molecule has 4 rings (SSSR count). The van der Waals surface area contributed by atoms with Crippen molar-refractivity contribution in [3.63, 3.8) is 0 Å². The van der Waals surface area contributed by atoms with Gasteiger partial charge in [-0.05, 0) is 30.3 Å². The molecule has 1 fully saturated rings. The Morgan fingerprint density at radius 3 is 2.93 bits per heavy atom. The van der Waals surface area contributed by atoms with Gasteiger partial charge in [-0.3, -0.25) is 14.6 Å². The van der Waals surface area contributed by atoms with Crippen LogP contribution in [0.15, 0.2) is 48.0 Å². The van der Waals surface area contributed by atoms with E-state index in [4.69, 9.17) is 0 Å². The number of benzene rings is 1. The van der Waals surface area contributed by atoms with E-state index < -0.39 is 17.6 Å². The standard InChI is InChI=1S/C20H16F2N4O2S/c21-13-4-5-16(22)15(8-13)17-11-29-20(24-17)25-19(28)12-7-18(27)26(9-12)10-14-3-1-2-6-23-14/h1-6,8,11-12H,7,9-10H2,(H,24,25,28). The highest BCUT2D eigenvalue weighted by Crippen LogP contribution is 2.28. The summed E-state index contributed by atoms with van der Waals surface area (Å²) in [6.07, 6.45) is 1.76. The van der Waals surface area contributed by atoms with E-state index in [1.165, 1.54) is 0 Å². The Morgan fingerprint density at radius 2 is 2.14 bits per heavy atom. The molecule has 1 saturated heterocycles. The quantitative estimate of drug-likeness (QED) is 0.694. The lowest BCUT2D eigenvalue weighted by Gasteiger charge is -2.15. The molecule has 0 saturated carbocycles. The largest absolute Gasteiger partial charge is 0.336 e. The second-order valence-electron chi connectivity index (χ2n) is 6.65. The minimum Gasteiger partial charge on any atom is -0.336 e. The molecule has 148 valence electrons. The molecule has 6 nitrogen and oxygen atoms in total. The van der Waals surface area contributed by atoms with E-state index in [1.54, 1.807) is 22.5 Å². The number of carbonyl (C=O) groups is 2. The number of hydrogen-bond acceptors (Lipinski definition) is 5. The van der Waals surface area contributed by atoms with Crippen molar-refractivity contribution in [2.45, 2.75) is 13.0 Å². The molecule has 0 spiro atoms. The SMILES string of the molecule is O=C(Nc1nc(-c2cc(F)ccc2F)cs1)C1CC(=O)N(Cc2ccccn2)C1. The molecule has 3 aromatic rings. The zero-order valence-corrected chi connectivity index (χ0v) is 16.0. The van der Waals surface area contributed by atoms with Crippen molar-refractivity contribution in [1.82, 2.24) is 14.9 Å². The molecule has 1 aliphatic rings. The van der Waals surface area contributed by atoms with Crippen LogP contribution in [0.4, 0.5) is 13.9 Å². The maximum Gasteiger partial charge on any atom is 0.231 e. The lowest BCUT2D eigenvalue weighted by atomic mass is 10.1. The molecule has 0 bridgehead atoms. The fraction of sp³-hybridized carbons (Fsp3) is 0.200. The van der Waals surface area contributed by atoms with E-state index in [1.807, 2.05) is 12.1 Å². The molecule has 29 heavy (non-hydrogen) atoms. The fourth-order valence-corrected chi connectivity index (χ4v) is 3.86. The van der Waals surface area contributed by atoms with Crippen LogP contribution in [-0.4, -0.2) is 33.2 Å². The van der Waals surface area contributed by atoms with Crippen molar-refractivity contribution in [2.75, 3.05) is 11.9 Å². The van der Waals surface area contributed by atoms with E-state index >= 15 is 0 Å². The predicted octanol–water partition coefficient (Wildman–Crippen LogP) is 3.47. The monoisotopic (exact) mass is 414 g/mol. The average molecular weight is 414 g/mol. The van der Waals surface area contributed by atoms with Crippen LogP contribution in [0.3, 0.4) is 0 Å². The van der Waals surface area contributed by atoms with E-state index in [9.17, 15) is 18.4 Å². The summed E-state index contributed by atoms with van der Waals surface area (Å²) >= 11 is 1.11. The van der Waals surface area contributed by atoms with E-state index in [2.05, 4.69) is 15.3 Å². The van der Waals surface area contributed by atoms with E-state index in [0.717, 1.165) is 35.2 Å². The van der Waals surface area contributed by atoms with Crippen LogP contribution in [0.1, 0.15) is 12.1 Å². The van der Waals surface area contributed by atoms with Gasteiger partial charge >= 0.3 is 0 Å². The number of thiazole rings is 1. The van der Waals surface area contributed by atoms with Crippen LogP contribution in [-0.2, 0) is 16.1 Å². The van der Waals surface area contributed by atoms with Gasteiger partial charge in [0.1, 0.15) is 11.6 Å². The maximum absolute atomic E-state index is 13.9. The molecule has 9 heteroatoms. The number of aromatic nitrogens is 2. The number of pyridine rings is 1. The Hall–Kier alpha value is -3.20. The topological polar surface area (TPSA) is 75.2 Å². The summed E-state index contributed by atoms with van der Waals surface area (Å²) in [6, 6.07) is 8.58. The van der Waals surface area contributed by atoms with Gasteiger partial charge in [0.2, 0.25) is 11.8 Å². The maximum atomic E-state index is 13.9. The van der Waals surface area contributed by atoms with Crippen LogP contribution in [0, 0.1) is 17.6 Å². The normalized spacial score (nSPS) is 16.3. The summed E-state index contributed by atoms with van der Waals surface area (Å²) in [7, 11) is 0. The molecule has 1 aliphatic heterocycles. The van der Waals surface area contributed by atoms with Gasteiger partial charge in [-0.2, -0.15) is 0 Å². The smallest absolute Gasteiger partial charge is 0.231 e. The van der Waals surface area contributed by atoms with E-state index in [0.29, 0.717) is 6.54 Å². The Balaban J connectivity index is 1.40. The molecule has 1 aromatic carbocycles. The minimum absolute atomic E-state index is 0.0272. The van der Waals surface area contributed by atoms with Crippen molar-refractivity contribution in [3.8, 4) is 11.3 Å². The van der Waals surface area contributed by atoms with Gasteiger partial charge in [-0.25, -0.2) is 13.8 Å². The van der Waals surface area contributed by atoms with Crippen molar-refractivity contribution < 1.29 is 18.4 Å². The lowest BCUT2D eigenvalue weighted by Crippen LogP contribution is -2.28.